The first kappa shape index (κ1) is 17.9. The summed E-state index contributed by atoms with van der Waals surface area (Å²) < 4.78 is 5.82. The smallest absolute Gasteiger partial charge is 0.305 e. The van der Waals surface area contributed by atoms with Gasteiger partial charge in [0.1, 0.15) is 12.4 Å². The van der Waals surface area contributed by atoms with Crippen LogP contribution in [0.3, 0.4) is 0 Å². The fourth-order valence-electron chi connectivity index (χ4n) is 6.88. The van der Waals surface area contributed by atoms with Crippen molar-refractivity contribution < 1.29 is 19.1 Å². The van der Waals surface area contributed by atoms with E-state index >= 15 is 0 Å². The summed E-state index contributed by atoms with van der Waals surface area (Å²) in [5.74, 6) is 1.47. The molecule has 0 spiro atoms. The Labute approximate surface area is 155 Å². The number of hydrogen-bond donors (Lipinski definition) is 0. The van der Waals surface area contributed by atoms with Gasteiger partial charge < -0.3 is 9.53 Å². The van der Waals surface area contributed by atoms with Crippen LogP contribution in [0.25, 0.3) is 0 Å². The van der Waals surface area contributed by atoms with E-state index in [-0.39, 0.29) is 23.3 Å². The summed E-state index contributed by atoms with van der Waals surface area (Å²) in [7, 11) is 0. The summed E-state index contributed by atoms with van der Waals surface area (Å²) in [4.78, 5) is 36.1. The number of esters is 1. The molecule has 0 aromatic rings. The van der Waals surface area contributed by atoms with Gasteiger partial charge in [-0.1, -0.05) is 19.4 Å². The van der Waals surface area contributed by atoms with Gasteiger partial charge in [0.2, 0.25) is 0 Å². The second-order valence-corrected chi connectivity index (χ2v) is 9.16. The largest absolute Gasteiger partial charge is 0.462 e. The van der Waals surface area contributed by atoms with E-state index in [1.807, 2.05) is 6.92 Å². The normalized spacial score (nSPS) is 44.4. The van der Waals surface area contributed by atoms with Crippen molar-refractivity contribution in [2.24, 2.45) is 28.6 Å². The van der Waals surface area contributed by atoms with E-state index in [4.69, 9.17) is 4.74 Å². The molecule has 142 valence electrons. The van der Waals surface area contributed by atoms with Crippen LogP contribution in [-0.2, 0) is 19.1 Å². The van der Waals surface area contributed by atoms with Crippen LogP contribution in [0.2, 0.25) is 0 Å². The molecule has 0 saturated heterocycles. The highest BCUT2D eigenvalue weighted by Crippen LogP contribution is 2.65. The molecule has 26 heavy (non-hydrogen) atoms. The van der Waals surface area contributed by atoms with Crippen LogP contribution in [0, 0.1) is 28.6 Å². The summed E-state index contributed by atoms with van der Waals surface area (Å²) in [5, 5.41) is 0. The van der Waals surface area contributed by atoms with Crippen molar-refractivity contribution in [1.29, 1.82) is 0 Å². The van der Waals surface area contributed by atoms with Gasteiger partial charge in [0.25, 0.3) is 0 Å². The Morgan fingerprint density at radius 1 is 1.19 bits per heavy atom. The summed E-state index contributed by atoms with van der Waals surface area (Å²) in [6.07, 6.45) is 10.6. The van der Waals surface area contributed by atoms with Crippen molar-refractivity contribution in [3.05, 3.63) is 11.6 Å². The molecule has 4 rings (SSSR count). The van der Waals surface area contributed by atoms with E-state index in [1.54, 1.807) is 6.08 Å². The first-order chi connectivity index (χ1) is 12.4. The number of ether oxygens (including phenoxy) is 1. The lowest BCUT2D eigenvalue weighted by Gasteiger charge is -2.56. The predicted octanol–water partition coefficient (Wildman–Crippen LogP) is 4.02. The van der Waals surface area contributed by atoms with E-state index in [2.05, 4.69) is 6.92 Å². The molecule has 0 bridgehead atoms. The summed E-state index contributed by atoms with van der Waals surface area (Å²) in [6, 6.07) is 0. The molecule has 0 heterocycles. The molecule has 0 aliphatic heterocycles. The topological polar surface area (TPSA) is 60.4 Å². The maximum Gasteiger partial charge on any atom is 0.305 e. The zero-order valence-electron chi connectivity index (χ0n) is 16.0. The van der Waals surface area contributed by atoms with E-state index < -0.39 is 5.41 Å². The quantitative estimate of drug-likeness (QED) is 0.565. The lowest BCUT2D eigenvalue weighted by molar-refractivity contribution is -0.159. The highest BCUT2D eigenvalue weighted by Gasteiger charge is 2.61. The zero-order valence-corrected chi connectivity index (χ0v) is 16.0. The fourth-order valence-corrected chi connectivity index (χ4v) is 6.88. The lowest BCUT2D eigenvalue weighted by atomic mass is 9.47. The van der Waals surface area contributed by atoms with Crippen molar-refractivity contribution in [3.8, 4) is 0 Å². The summed E-state index contributed by atoms with van der Waals surface area (Å²) in [5.41, 5.74) is 0.735. The average Bonchev–Trinajstić information content (AvgIpc) is 2.97. The molecule has 0 unspecified atom stereocenters. The molecule has 0 aromatic heterocycles. The number of allylic oxidation sites excluding steroid dienone is 1. The van der Waals surface area contributed by atoms with Crippen molar-refractivity contribution in [3.63, 3.8) is 0 Å². The van der Waals surface area contributed by atoms with E-state index in [1.165, 1.54) is 6.29 Å². The standard InChI is InChI=1S/C22H30O4/c1-3-20(25)26-19-7-6-17-16-5-4-14-12-15(24)8-11-22(14,13-23)18(16)9-10-21(17,19)2/h12-13,16-19H,3-11H2,1-2H3/t16-,17-,18-,19-,21-,22+/m0/s1. The van der Waals surface area contributed by atoms with Gasteiger partial charge in [-0.25, -0.2) is 0 Å². The number of carbonyl (C=O) groups is 3. The SMILES string of the molecule is CCC(=O)O[C@H]1CC[C@H]2[C@@H]3CCC4=CC(=O)CC[C@]4(C=O)[C@H]3CC[C@]12C. The molecule has 4 heteroatoms. The Morgan fingerprint density at radius 3 is 2.73 bits per heavy atom. The van der Waals surface area contributed by atoms with Gasteiger partial charge in [-0.15, -0.1) is 0 Å². The third kappa shape index (κ3) is 2.44. The molecule has 0 aromatic carbocycles. The molecule has 3 fully saturated rings. The predicted molar refractivity (Wildman–Crippen MR) is 97.3 cm³/mol. The second-order valence-electron chi connectivity index (χ2n) is 9.16. The van der Waals surface area contributed by atoms with Crippen molar-refractivity contribution >= 4 is 18.0 Å². The van der Waals surface area contributed by atoms with Crippen LogP contribution < -0.4 is 0 Å². The van der Waals surface area contributed by atoms with Crippen LogP contribution in [0.5, 0.6) is 0 Å². The monoisotopic (exact) mass is 358 g/mol. The van der Waals surface area contributed by atoms with Crippen LogP contribution in [-0.4, -0.2) is 24.1 Å². The maximum atomic E-state index is 12.3. The minimum absolute atomic E-state index is 0.0259. The minimum Gasteiger partial charge on any atom is -0.462 e. The molecular formula is C22H30O4. The van der Waals surface area contributed by atoms with Crippen LogP contribution in [0.15, 0.2) is 11.6 Å². The van der Waals surface area contributed by atoms with E-state index in [0.717, 1.165) is 44.1 Å². The number of rotatable bonds is 3. The van der Waals surface area contributed by atoms with Crippen LogP contribution in [0.1, 0.15) is 71.6 Å². The first-order valence-electron chi connectivity index (χ1n) is 10.3. The maximum absolute atomic E-state index is 12.3. The Bertz CT molecular complexity index is 665. The van der Waals surface area contributed by atoms with Gasteiger partial charge in [-0.05, 0) is 68.8 Å². The van der Waals surface area contributed by atoms with Crippen molar-refractivity contribution in [2.75, 3.05) is 0 Å². The molecule has 0 amide bonds. The third-order valence-electron chi connectivity index (χ3n) is 8.25. The molecule has 3 saturated carbocycles. The molecule has 4 nitrogen and oxygen atoms in total. The Balaban J connectivity index is 1.63. The Kier molecular flexibility index (Phi) is 4.36. The number of hydrogen-bond acceptors (Lipinski definition) is 4. The summed E-state index contributed by atoms with van der Waals surface area (Å²) >= 11 is 0. The molecule has 4 aliphatic carbocycles. The zero-order chi connectivity index (χ0) is 18.5. The number of carbonyl (C=O) groups excluding carboxylic acids is 3. The van der Waals surface area contributed by atoms with Crippen molar-refractivity contribution in [2.45, 2.75) is 77.7 Å². The number of aldehydes is 1. The third-order valence-corrected chi connectivity index (χ3v) is 8.25. The Hall–Kier alpha value is -1.45. The molecule has 4 aliphatic rings. The van der Waals surface area contributed by atoms with Crippen LogP contribution >= 0.6 is 0 Å². The fraction of sp³-hybridized carbons (Fsp3) is 0.773. The number of ketones is 1. The highest BCUT2D eigenvalue weighted by molar-refractivity contribution is 5.93. The molecule has 6 atom stereocenters. The summed E-state index contributed by atoms with van der Waals surface area (Å²) in [6.45, 7) is 4.15. The average molecular weight is 358 g/mol. The van der Waals surface area contributed by atoms with Crippen molar-refractivity contribution in [1.82, 2.24) is 0 Å². The van der Waals surface area contributed by atoms with Gasteiger partial charge >= 0.3 is 5.97 Å². The lowest BCUT2D eigenvalue weighted by Crippen LogP contribution is -2.53. The minimum atomic E-state index is -0.406. The van der Waals surface area contributed by atoms with Crippen LogP contribution in [0.4, 0.5) is 0 Å². The van der Waals surface area contributed by atoms with E-state index in [0.29, 0.717) is 37.0 Å². The van der Waals surface area contributed by atoms with Gasteiger partial charge in [-0.3, -0.25) is 9.59 Å². The molecule has 0 N–H and O–H groups in total. The Morgan fingerprint density at radius 2 is 2.00 bits per heavy atom. The first-order valence-corrected chi connectivity index (χ1v) is 10.3. The van der Waals surface area contributed by atoms with Gasteiger partial charge in [0, 0.05) is 18.3 Å². The van der Waals surface area contributed by atoms with E-state index in [9.17, 15) is 14.4 Å². The van der Waals surface area contributed by atoms with Gasteiger partial charge in [0.05, 0.1) is 5.41 Å². The highest BCUT2D eigenvalue weighted by atomic mass is 16.5. The van der Waals surface area contributed by atoms with Gasteiger partial charge in [-0.2, -0.15) is 0 Å². The second kappa shape index (κ2) is 6.31. The molecular weight excluding hydrogens is 328 g/mol. The number of fused-ring (bicyclic) bond motifs is 5. The molecule has 0 radical (unpaired) electrons. The van der Waals surface area contributed by atoms with Gasteiger partial charge in [0.15, 0.2) is 5.78 Å².